The molecule has 4 rings (SSSR count). The summed E-state index contributed by atoms with van der Waals surface area (Å²) in [5, 5.41) is 5.70. The minimum atomic E-state index is -0.297. The number of amides is 2. The van der Waals surface area contributed by atoms with Gasteiger partial charge in [-0.1, -0.05) is 35.9 Å². The predicted octanol–water partition coefficient (Wildman–Crippen LogP) is 3.26. The van der Waals surface area contributed by atoms with E-state index in [4.69, 9.17) is 9.47 Å². The molecule has 1 fully saturated rings. The van der Waals surface area contributed by atoms with Crippen molar-refractivity contribution in [1.29, 1.82) is 0 Å². The number of para-hydroxylation sites is 1. The van der Waals surface area contributed by atoms with Crippen LogP contribution in [0.25, 0.3) is 0 Å². The molecule has 8 nitrogen and oxygen atoms in total. The molecule has 0 aromatic heterocycles. The second kappa shape index (κ2) is 11.4. The van der Waals surface area contributed by atoms with Crippen LogP contribution in [0.4, 0.5) is 0 Å². The normalized spacial score (nSPS) is 18.9. The third-order valence-corrected chi connectivity index (χ3v) is 5.55. The molecule has 34 heavy (non-hydrogen) atoms. The van der Waals surface area contributed by atoms with Crippen molar-refractivity contribution in [3.05, 3.63) is 66.7 Å². The van der Waals surface area contributed by atoms with Crippen molar-refractivity contribution in [3.8, 4) is 11.5 Å². The molecular weight excluding hydrogens is 432 g/mol. The average molecular weight is 462 g/mol. The molecule has 177 valence electrons. The zero-order valence-electron chi connectivity index (χ0n) is 19.3. The Bertz CT molecular complexity index is 1040. The van der Waals surface area contributed by atoms with E-state index in [1.807, 2.05) is 66.4 Å². The molecule has 1 saturated heterocycles. The summed E-state index contributed by atoms with van der Waals surface area (Å²) in [7, 11) is 0. The molecule has 0 bridgehead atoms. The summed E-state index contributed by atoms with van der Waals surface area (Å²) in [5.41, 5.74) is 1.61. The summed E-state index contributed by atoms with van der Waals surface area (Å²) in [6.07, 6.45) is 3.43. The lowest BCUT2D eigenvalue weighted by molar-refractivity contribution is -0.134. The summed E-state index contributed by atoms with van der Waals surface area (Å²) in [5.74, 6) is 1.20. The van der Waals surface area contributed by atoms with Gasteiger partial charge in [-0.3, -0.25) is 14.6 Å². The van der Waals surface area contributed by atoms with E-state index in [2.05, 4.69) is 10.1 Å². The van der Waals surface area contributed by atoms with Gasteiger partial charge in [-0.25, -0.2) is 4.99 Å². The molecule has 2 aliphatic heterocycles. The van der Waals surface area contributed by atoms with Crippen molar-refractivity contribution >= 4 is 23.7 Å². The molecule has 2 heterocycles. The zero-order valence-corrected chi connectivity index (χ0v) is 19.3. The molecule has 8 heteroatoms. The van der Waals surface area contributed by atoms with Crippen molar-refractivity contribution in [2.45, 2.75) is 32.3 Å². The van der Waals surface area contributed by atoms with Crippen molar-refractivity contribution in [2.24, 2.45) is 10.1 Å². The molecule has 2 aromatic carbocycles. The number of aliphatic imine (C=N–C) groups is 1. The van der Waals surface area contributed by atoms with E-state index in [9.17, 15) is 9.59 Å². The molecule has 0 saturated carbocycles. The molecule has 2 amide bonds. The predicted molar refractivity (Wildman–Crippen MR) is 130 cm³/mol. The Hall–Kier alpha value is -3.68. The zero-order chi connectivity index (χ0) is 23.8. The molecule has 0 N–H and O–H groups in total. The van der Waals surface area contributed by atoms with Gasteiger partial charge in [0.15, 0.2) is 0 Å². The lowest BCUT2D eigenvalue weighted by atomic mass is 10.1. The van der Waals surface area contributed by atoms with Gasteiger partial charge in [0.25, 0.3) is 0 Å². The smallest absolute Gasteiger partial charge is 0.249 e. The number of aryl methyl sites for hydroxylation is 1. The van der Waals surface area contributed by atoms with Crippen molar-refractivity contribution in [1.82, 2.24) is 9.91 Å². The number of hydrogen-bond acceptors (Lipinski definition) is 6. The summed E-state index contributed by atoms with van der Waals surface area (Å²) in [6.45, 7) is 5.24. The van der Waals surface area contributed by atoms with Gasteiger partial charge in [-0.2, -0.15) is 5.10 Å². The number of benzene rings is 2. The van der Waals surface area contributed by atoms with E-state index < -0.39 is 0 Å². The Kier molecular flexibility index (Phi) is 7.91. The summed E-state index contributed by atoms with van der Waals surface area (Å²) < 4.78 is 11.6. The van der Waals surface area contributed by atoms with Gasteiger partial charge in [0.1, 0.15) is 30.7 Å². The molecule has 2 aromatic rings. The highest BCUT2D eigenvalue weighted by atomic mass is 16.5. The van der Waals surface area contributed by atoms with Gasteiger partial charge < -0.3 is 14.4 Å². The standard InChI is InChI=1S/C26H29N4O4/c1-20-9-11-23(12-10-20)34-24-8-5-14-29(18-24)26(32)19-30-17-21(16-27-30)28-25(31)13-15-33-22-6-3-2-4-7-22/h2-4,6-7,9-12,16-17,24H,5,8,13-15,18-19H2,1H3. The van der Waals surface area contributed by atoms with E-state index in [1.165, 1.54) is 16.8 Å². The van der Waals surface area contributed by atoms with Gasteiger partial charge in [-0.05, 0) is 44.0 Å². The van der Waals surface area contributed by atoms with Gasteiger partial charge in [0.2, 0.25) is 11.8 Å². The van der Waals surface area contributed by atoms with Crippen LogP contribution in [0, 0.1) is 13.5 Å². The Labute approximate surface area is 199 Å². The van der Waals surface area contributed by atoms with Crippen LogP contribution in [0.5, 0.6) is 11.5 Å². The van der Waals surface area contributed by atoms with Crippen LogP contribution >= 0.6 is 0 Å². The number of carbonyl (C=O) groups is 2. The summed E-state index contributed by atoms with van der Waals surface area (Å²) in [6, 6.07) is 17.3. The molecule has 0 spiro atoms. The second-order valence-electron chi connectivity index (χ2n) is 8.35. The number of ether oxygens (including phenoxy) is 2. The summed E-state index contributed by atoms with van der Waals surface area (Å²) >= 11 is 0. The minimum absolute atomic E-state index is 0.0284. The molecule has 0 aliphatic carbocycles. The number of hydrogen-bond donors (Lipinski definition) is 0. The fraction of sp³-hybridized carbons (Fsp3) is 0.346. The molecular formula is C26H29N4O4. The van der Waals surface area contributed by atoms with Crippen LogP contribution in [0.2, 0.25) is 0 Å². The number of carbonyl (C=O) groups excluding carboxylic acids is 2. The summed E-state index contributed by atoms with van der Waals surface area (Å²) in [4.78, 5) is 30.8. The third-order valence-electron chi connectivity index (χ3n) is 5.55. The van der Waals surface area contributed by atoms with Gasteiger partial charge in [0.05, 0.1) is 31.5 Å². The van der Waals surface area contributed by atoms with Gasteiger partial charge >= 0.3 is 0 Å². The molecule has 1 radical (unpaired) electrons. The maximum absolute atomic E-state index is 12.8. The minimum Gasteiger partial charge on any atom is -0.493 e. The van der Waals surface area contributed by atoms with Crippen LogP contribution in [-0.4, -0.2) is 66.0 Å². The van der Waals surface area contributed by atoms with Crippen LogP contribution in [0.15, 0.2) is 64.7 Å². The average Bonchev–Trinajstić information content (AvgIpc) is 3.28. The largest absolute Gasteiger partial charge is 0.493 e. The van der Waals surface area contributed by atoms with Gasteiger partial charge in [0, 0.05) is 6.54 Å². The number of nitrogens with zero attached hydrogens (tertiary/aromatic N) is 4. The van der Waals surface area contributed by atoms with E-state index in [1.54, 1.807) is 6.54 Å². The van der Waals surface area contributed by atoms with Crippen LogP contribution < -0.4 is 9.47 Å². The fourth-order valence-electron chi connectivity index (χ4n) is 3.78. The van der Waals surface area contributed by atoms with E-state index >= 15 is 0 Å². The maximum atomic E-state index is 12.8. The van der Waals surface area contributed by atoms with Crippen molar-refractivity contribution in [3.63, 3.8) is 0 Å². The second-order valence-corrected chi connectivity index (χ2v) is 8.35. The van der Waals surface area contributed by atoms with Crippen molar-refractivity contribution < 1.29 is 19.1 Å². The maximum Gasteiger partial charge on any atom is 0.249 e. The Morgan fingerprint density at radius 1 is 1.09 bits per heavy atom. The van der Waals surface area contributed by atoms with E-state index in [0.29, 0.717) is 24.6 Å². The molecule has 1 atom stereocenters. The topological polar surface area (TPSA) is 83.8 Å². The first-order valence-corrected chi connectivity index (χ1v) is 11.5. The first-order chi connectivity index (χ1) is 16.5. The van der Waals surface area contributed by atoms with Crippen LogP contribution in [0.1, 0.15) is 24.8 Å². The fourth-order valence-corrected chi connectivity index (χ4v) is 3.78. The number of hydrazone groups is 1. The Morgan fingerprint density at radius 3 is 2.68 bits per heavy atom. The number of rotatable bonds is 8. The quantitative estimate of drug-likeness (QED) is 0.603. The third kappa shape index (κ3) is 6.91. The monoisotopic (exact) mass is 461 g/mol. The number of piperidine rings is 1. The lowest BCUT2D eigenvalue weighted by Crippen LogP contribution is -2.47. The Balaban J connectivity index is 1.19. The van der Waals surface area contributed by atoms with Crippen molar-refractivity contribution in [2.75, 3.05) is 26.2 Å². The highest BCUT2D eigenvalue weighted by molar-refractivity contribution is 6.37. The van der Waals surface area contributed by atoms with E-state index in [-0.39, 0.29) is 37.5 Å². The lowest BCUT2D eigenvalue weighted by Gasteiger charge is -2.33. The van der Waals surface area contributed by atoms with Crippen LogP contribution in [0.3, 0.4) is 0 Å². The van der Waals surface area contributed by atoms with Gasteiger partial charge in [-0.15, -0.1) is 0 Å². The molecule has 2 aliphatic rings. The first kappa shape index (κ1) is 23.5. The highest BCUT2D eigenvalue weighted by Crippen LogP contribution is 2.19. The Morgan fingerprint density at radius 2 is 1.88 bits per heavy atom. The highest BCUT2D eigenvalue weighted by Gasteiger charge is 2.27. The van der Waals surface area contributed by atoms with Crippen LogP contribution in [-0.2, 0) is 9.59 Å². The first-order valence-electron chi connectivity index (χ1n) is 11.5. The SMILES string of the molecule is Cc1ccc(OC2CCCN(C(=O)CN3[CH]C(=NC(=O)CCOc4ccccc4)C=N3)C2)cc1. The number of likely N-dealkylation sites (tertiary alicyclic amines) is 1. The van der Waals surface area contributed by atoms with E-state index in [0.717, 1.165) is 18.6 Å². The molecule has 1 unspecified atom stereocenters.